The van der Waals surface area contributed by atoms with Gasteiger partial charge in [0.2, 0.25) is 0 Å². The molecule has 1 aliphatic carbocycles. The van der Waals surface area contributed by atoms with Gasteiger partial charge in [0.1, 0.15) is 6.10 Å². The fourth-order valence-electron chi connectivity index (χ4n) is 4.26. The van der Waals surface area contributed by atoms with Gasteiger partial charge in [-0.2, -0.15) is 18.3 Å². The molecule has 2 aromatic rings. The van der Waals surface area contributed by atoms with Crippen LogP contribution in [0, 0.1) is 12.8 Å². The lowest BCUT2D eigenvalue weighted by Gasteiger charge is -2.29. The van der Waals surface area contributed by atoms with Crippen molar-refractivity contribution in [2.75, 3.05) is 13.1 Å². The Bertz CT molecular complexity index is 811. The number of aromatic nitrogens is 3. The Morgan fingerprint density at radius 3 is 2.56 bits per heavy atom. The Morgan fingerprint density at radius 2 is 1.89 bits per heavy atom. The summed E-state index contributed by atoms with van der Waals surface area (Å²) in [5, 5.41) is 8.09. The zero-order chi connectivity index (χ0) is 19.2. The van der Waals surface area contributed by atoms with Crippen molar-refractivity contribution in [1.29, 1.82) is 0 Å². The topological polar surface area (TPSA) is 51.5 Å². The minimum atomic E-state index is -4.09. The molecule has 2 atom stereocenters. The van der Waals surface area contributed by atoms with Crippen molar-refractivity contribution in [3.63, 3.8) is 0 Å². The van der Waals surface area contributed by atoms with E-state index in [1.165, 1.54) is 0 Å². The molecule has 2 fully saturated rings. The Morgan fingerprint density at radius 1 is 1.15 bits per heavy atom. The molecular formula is C19H25F3N4O. The lowest BCUT2D eigenvalue weighted by molar-refractivity contribution is -0.182. The van der Waals surface area contributed by atoms with Gasteiger partial charge in [0, 0.05) is 30.8 Å². The fraction of sp³-hybridized carbons (Fsp3) is 0.684. The summed E-state index contributed by atoms with van der Waals surface area (Å²) in [4.78, 5) is 4.56. The first-order valence-corrected chi connectivity index (χ1v) is 9.61. The standard InChI is InChI=1S/C19H25F3N4O/c1-11-7-16(17-10-23-9-12(2)27-17)26-18(24-11)8-15(25-26)13-3-5-14(6-4-13)19(20,21)22/h7-8,12-14,17,23H,3-6,9-10H2,1-2H3/t12-,13-,14-,17-/m0/s1. The zero-order valence-electron chi connectivity index (χ0n) is 15.6. The number of hydrogen-bond donors (Lipinski definition) is 1. The number of halogens is 3. The normalized spacial score (nSPS) is 30.0. The highest BCUT2D eigenvalue weighted by Crippen LogP contribution is 2.42. The first-order valence-electron chi connectivity index (χ1n) is 9.61. The third-order valence-electron chi connectivity index (χ3n) is 5.70. The Kier molecular flexibility index (Phi) is 4.88. The Labute approximate surface area is 156 Å². The molecule has 0 amide bonds. The first kappa shape index (κ1) is 18.7. The molecule has 2 aromatic heterocycles. The number of hydrogen-bond acceptors (Lipinski definition) is 4. The molecule has 2 aliphatic rings. The number of ether oxygens (including phenoxy) is 1. The molecule has 0 bridgehead atoms. The average molecular weight is 382 g/mol. The molecule has 0 unspecified atom stereocenters. The Hall–Kier alpha value is -1.67. The first-order chi connectivity index (χ1) is 12.8. The quantitative estimate of drug-likeness (QED) is 0.855. The van der Waals surface area contributed by atoms with Crippen LogP contribution in [-0.2, 0) is 4.74 Å². The van der Waals surface area contributed by atoms with Gasteiger partial charge in [0.25, 0.3) is 0 Å². The number of rotatable bonds is 2. The SMILES string of the molecule is Cc1cc([C@@H]2CNC[C@H](C)O2)n2nc([C@H]3CC[C@H](C(F)(F)F)CC3)cc2n1. The van der Waals surface area contributed by atoms with Gasteiger partial charge in [0.05, 0.1) is 23.4 Å². The van der Waals surface area contributed by atoms with Crippen molar-refractivity contribution in [3.8, 4) is 0 Å². The summed E-state index contributed by atoms with van der Waals surface area (Å²) in [6.07, 6.45) is -2.71. The van der Waals surface area contributed by atoms with Gasteiger partial charge < -0.3 is 10.1 Å². The highest BCUT2D eigenvalue weighted by atomic mass is 19.4. The summed E-state index contributed by atoms with van der Waals surface area (Å²) in [5.74, 6) is -1.12. The zero-order valence-corrected chi connectivity index (χ0v) is 15.6. The van der Waals surface area contributed by atoms with E-state index in [0.29, 0.717) is 19.4 Å². The van der Waals surface area contributed by atoms with Gasteiger partial charge in [-0.25, -0.2) is 9.50 Å². The molecule has 0 radical (unpaired) electrons. The van der Waals surface area contributed by atoms with Gasteiger partial charge in [-0.05, 0) is 45.6 Å². The van der Waals surface area contributed by atoms with Crippen LogP contribution in [0.3, 0.4) is 0 Å². The second kappa shape index (κ2) is 7.05. The molecule has 3 heterocycles. The predicted octanol–water partition coefficient (Wildman–Crippen LogP) is 3.92. The van der Waals surface area contributed by atoms with Crippen LogP contribution < -0.4 is 5.32 Å². The summed E-state index contributed by atoms with van der Waals surface area (Å²) in [5.41, 5.74) is 3.39. The van der Waals surface area contributed by atoms with Crippen molar-refractivity contribution < 1.29 is 17.9 Å². The van der Waals surface area contributed by atoms with Gasteiger partial charge in [0.15, 0.2) is 5.65 Å². The van der Waals surface area contributed by atoms with Crippen LogP contribution in [-0.4, -0.2) is 40.0 Å². The van der Waals surface area contributed by atoms with E-state index in [1.807, 2.05) is 30.5 Å². The molecule has 1 saturated carbocycles. The summed E-state index contributed by atoms with van der Waals surface area (Å²) >= 11 is 0. The second-order valence-electron chi connectivity index (χ2n) is 7.85. The molecule has 1 saturated heterocycles. The second-order valence-corrected chi connectivity index (χ2v) is 7.85. The van der Waals surface area contributed by atoms with E-state index >= 15 is 0 Å². The van der Waals surface area contributed by atoms with Crippen molar-refractivity contribution >= 4 is 5.65 Å². The molecule has 1 N–H and O–H groups in total. The fourth-order valence-corrected chi connectivity index (χ4v) is 4.26. The lowest BCUT2D eigenvalue weighted by atomic mass is 9.80. The molecule has 148 valence electrons. The van der Waals surface area contributed by atoms with E-state index in [4.69, 9.17) is 9.84 Å². The number of nitrogens with one attached hydrogen (secondary N) is 1. The average Bonchev–Trinajstić information content (AvgIpc) is 3.04. The number of morpholine rings is 1. The highest BCUT2D eigenvalue weighted by Gasteiger charge is 2.42. The minimum absolute atomic E-state index is 0.0581. The maximum Gasteiger partial charge on any atom is 0.391 e. The highest BCUT2D eigenvalue weighted by molar-refractivity contribution is 5.43. The van der Waals surface area contributed by atoms with Crippen LogP contribution in [0.4, 0.5) is 13.2 Å². The maximum atomic E-state index is 12.9. The Balaban J connectivity index is 1.60. The van der Waals surface area contributed by atoms with Crippen LogP contribution in [0.2, 0.25) is 0 Å². The lowest BCUT2D eigenvalue weighted by Crippen LogP contribution is -2.39. The van der Waals surface area contributed by atoms with Gasteiger partial charge >= 0.3 is 6.18 Å². The summed E-state index contributed by atoms with van der Waals surface area (Å²) in [6.45, 7) is 5.48. The third kappa shape index (κ3) is 3.82. The van der Waals surface area contributed by atoms with Crippen molar-refractivity contribution in [2.24, 2.45) is 5.92 Å². The molecule has 0 aromatic carbocycles. The number of nitrogens with zero attached hydrogens (tertiary/aromatic N) is 3. The maximum absolute atomic E-state index is 12.9. The summed E-state index contributed by atoms with van der Waals surface area (Å²) in [6, 6.07) is 3.91. The van der Waals surface area contributed by atoms with Gasteiger partial charge in [-0.3, -0.25) is 0 Å². The molecule has 4 rings (SSSR count). The molecular weight excluding hydrogens is 357 g/mol. The van der Waals surface area contributed by atoms with Crippen LogP contribution in [0.25, 0.3) is 5.65 Å². The van der Waals surface area contributed by atoms with E-state index in [1.54, 1.807) is 0 Å². The monoisotopic (exact) mass is 382 g/mol. The van der Waals surface area contributed by atoms with E-state index < -0.39 is 12.1 Å². The molecule has 5 nitrogen and oxygen atoms in total. The van der Waals surface area contributed by atoms with E-state index in [-0.39, 0.29) is 31.0 Å². The van der Waals surface area contributed by atoms with E-state index in [2.05, 4.69) is 10.3 Å². The van der Waals surface area contributed by atoms with E-state index in [0.717, 1.165) is 29.3 Å². The molecule has 8 heteroatoms. The van der Waals surface area contributed by atoms with Crippen LogP contribution >= 0.6 is 0 Å². The van der Waals surface area contributed by atoms with Crippen molar-refractivity contribution in [1.82, 2.24) is 19.9 Å². The summed E-state index contributed by atoms with van der Waals surface area (Å²) < 4.78 is 46.6. The smallest absolute Gasteiger partial charge is 0.366 e. The molecule has 1 aliphatic heterocycles. The van der Waals surface area contributed by atoms with E-state index in [9.17, 15) is 13.2 Å². The van der Waals surface area contributed by atoms with Crippen molar-refractivity contribution in [3.05, 3.63) is 29.2 Å². The minimum Gasteiger partial charge on any atom is -0.366 e. The largest absolute Gasteiger partial charge is 0.391 e. The van der Waals surface area contributed by atoms with Gasteiger partial charge in [-0.15, -0.1) is 0 Å². The van der Waals surface area contributed by atoms with Crippen LogP contribution in [0.1, 0.15) is 61.7 Å². The predicted molar refractivity (Wildman–Crippen MR) is 94.6 cm³/mol. The van der Waals surface area contributed by atoms with Gasteiger partial charge in [-0.1, -0.05) is 0 Å². The van der Waals surface area contributed by atoms with Crippen molar-refractivity contribution in [2.45, 2.75) is 63.8 Å². The number of fused-ring (bicyclic) bond motifs is 1. The number of alkyl halides is 3. The third-order valence-corrected chi connectivity index (χ3v) is 5.70. The number of aryl methyl sites for hydroxylation is 1. The molecule has 27 heavy (non-hydrogen) atoms. The van der Waals surface area contributed by atoms with Crippen LogP contribution in [0.5, 0.6) is 0 Å². The van der Waals surface area contributed by atoms with Crippen LogP contribution in [0.15, 0.2) is 12.1 Å². The summed E-state index contributed by atoms with van der Waals surface area (Å²) in [7, 11) is 0. The molecule has 0 spiro atoms.